The molecule has 1 heterocycles. The minimum Gasteiger partial charge on any atom is -0.494 e. The summed E-state index contributed by atoms with van der Waals surface area (Å²) >= 11 is 3.38. The van der Waals surface area contributed by atoms with Crippen LogP contribution in [-0.4, -0.2) is 23.1 Å². The van der Waals surface area contributed by atoms with E-state index >= 15 is 0 Å². The van der Waals surface area contributed by atoms with Crippen LogP contribution in [0.25, 0.3) is 0 Å². The number of benzene rings is 1. The Balaban J connectivity index is 2.20. The van der Waals surface area contributed by atoms with Gasteiger partial charge in [0, 0.05) is 12.6 Å². The summed E-state index contributed by atoms with van der Waals surface area (Å²) in [7, 11) is 0. The molecule has 1 aromatic carbocycles. The Morgan fingerprint density at radius 3 is 2.80 bits per heavy atom. The molecule has 0 spiro atoms. The van der Waals surface area contributed by atoms with E-state index in [2.05, 4.69) is 31.2 Å². The van der Waals surface area contributed by atoms with E-state index in [1.165, 1.54) is 0 Å². The molecule has 0 fully saturated rings. The summed E-state index contributed by atoms with van der Waals surface area (Å²) in [5.41, 5.74) is 0. The third-order valence-corrected chi connectivity index (χ3v) is 2.92. The van der Waals surface area contributed by atoms with Gasteiger partial charge in [0.05, 0.1) is 17.3 Å². The number of ether oxygens (including phenoxy) is 2. The zero-order chi connectivity index (χ0) is 14.4. The van der Waals surface area contributed by atoms with Crippen molar-refractivity contribution in [2.75, 3.05) is 18.5 Å². The van der Waals surface area contributed by atoms with Gasteiger partial charge >= 0.3 is 0 Å². The van der Waals surface area contributed by atoms with Crippen molar-refractivity contribution in [1.82, 2.24) is 9.97 Å². The number of nitrogens with zero attached hydrogens (tertiary/aromatic N) is 2. The largest absolute Gasteiger partial charge is 0.494 e. The minimum atomic E-state index is 0.463. The maximum absolute atomic E-state index is 5.77. The van der Waals surface area contributed by atoms with Gasteiger partial charge < -0.3 is 14.8 Å². The third kappa shape index (κ3) is 3.84. The van der Waals surface area contributed by atoms with E-state index in [1.54, 1.807) is 6.20 Å². The zero-order valence-corrected chi connectivity index (χ0v) is 13.0. The molecule has 1 aromatic heterocycles. The molecular formula is C14H16BrN3O2. The monoisotopic (exact) mass is 337 g/mol. The lowest BCUT2D eigenvalue weighted by Crippen LogP contribution is -2.03. The molecule has 20 heavy (non-hydrogen) atoms. The first-order valence-corrected chi connectivity index (χ1v) is 7.19. The van der Waals surface area contributed by atoms with E-state index in [0.717, 1.165) is 12.3 Å². The fraction of sp³-hybridized carbons (Fsp3) is 0.286. The van der Waals surface area contributed by atoms with Gasteiger partial charge in [-0.2, -0.15) is 4.98 Å². The number of halogens is 1. The van der Waals surface area contributed by atoms with Gasteiger partial charge in [-0.3, -0.25) is 0 Å². The molecule has 0 radical (unpaired) electrons. The van der Waals surface area contributed by atoms with E-state index < -0.39 is 0 Å². The van der Waals surface area contributed by atoms with Gasteiger partial charge in [0.25, 0.3) is 0 Å². The molecule has 0 bridgehead atoms. The first kappa shape index (κ1) is 14.6. The van der Waals surface area contributed by atoms with Gasteiger partial charge in [0.1, 0.15) is 11.5 Å². The summed E-state index contributed by atoms with van der Waals surface area (Å²) in [6, 6.07) is 7.44. The van der Waals surface area contributed by atoms with Crippen LogP contribution in [0.15, 0.2) is 34.9 Å². The maximum atomic E-state index is 5.77. The molecular weight excluding hydrogens is 322 g/mol. The second kappa shape index (κ2) is 7.09. The molecule has 0 saturated carbocycles. The lowest BCUT2D eigenvalue weighted by molar-refractivity contribution is 0.338. The molecule has 0 saturated heterocycles. The lowest BCUT2D eigenvalue weighted by atomic mass is 10.3. The number of rotatable bonds is 6. The number of hydrogen-bond acceptors (Lipinski definition) is 5. The quantitative estimate of drug-likeness (QED) is 0.867. The number of anilines is 1. The molecule has 6 heteroatoms. The van der Waals surface area contributed by atoms with Crippen LogP contribution in [0.5, 0.6) is 17.4 Å². The standard InChI is InChI=1S/C14H16BrN3O2/c1-3-16-14-17-9-12(15)13(18-14)20-11-7-5-6-10(8-11)19-4-2/h5-9H,3-4H2,1-2H3,(H,16,17,18). The van der Waals surface area contributed by atoms with Crippen molar-refractivity contribution in [3.05, 3.63) is 34.9 Å². The van der Waals surface area contributed by atoms with Crippen LogP contribution >= 0.6 is 15.9 Å². The first-order valence-electron chi connectivity index (χ1n) is 6.40. The average molecular weight is 338 g/mol. The van der Waals surface area contributed by atoms with Gasteiger partial charge in [0.15, 0.2) is 0 Å². The Hall–Kier alpha value is -1.82. The summed E-state index contributed by atoms with van der Waals surface area (Å²) in [4.78, 5) is 8.44. The topological polar surface area (TPSA) is 56.3 Å². The first-order chi connectivity index (χ1) is 9.72. The van der Waals surface area contributed by atoms with Gasteiger partial charge in [-0.1, -0.05) is 6.07 Å². The van der Waals surface area contributed by atoms with Gasteiger partial charge in [-0.15, -0.1) is 0 Å². The summed E-state index contributed by atoms with van der Waals surface area (Å²) in [6.07, 6.45) is 1.66. The number of aromatic nitrogens is 2. The van der Waals surface area contributed by atoms with Crippen molar-refractivity contribution in [3.63, 3.8) is 0 Å². The van der Waals surface area contributed by atoms with Gasteiger partial charge in [-0.05, 0) is 41.9 Å². The van der Waals surface area contributed by atoms with Crippen LogP contribution in [0.2, 0.25) is 0 Å². The van der Waals surface area contributed by atoms with Crippen molar-refractivity contribution in [3.8, 4) is 17.4 Å². The Labute approximate surface area is 126 Å². The van der Waals surface area contributed by atoms with Crippen molar-refractivity contribution in [2.24, 2.45) is 0 Å². The van der Waals surface area contributed by atoms with E-state index in [1.807, 2.05) is 38.1 Å². The molecule has 5 nitrogen and oxygen atoms in total. The third-order valence-electron chi connectivity index (χ3n) is 2.38. The maximum Gasteiger partial charge on any atom is 0.238 e. The van der Waals surface area contributed by atoms with E-state index in [4.69, 9.17) is 9.47 Å². The number of hydrogen-bond donors (Lipinski definition) is 1. The van der Waals surface area contributed by atoms with Crippen molar-refractivity contribution >= 4 is 21.9 Å². The van der Waals surface area contributed by atoms with Gasteiger partial charge in [-0.25, -0.2) is 4.98 Å². The second-order valence-electron chi connectivity index (χ2n) is 3.89. The SMILES string of the molecule is CCNc1ncc(Br)c(Oc2cccc(OCC)c2)n1. The van der Waals surface area contributed by atoms with Gasteiger partial charge in [0.2, 0.25) is 11.8 Å². The summed E-state index contributed by atoms with van der Waals surface area (Å²) < 4.78 is 11.9. The molecule has 2 rings (SSSR count). The van der Waals surface area contributed by atoms with Crippen LogP contribution in [-0.2, 0) is 0 Å². The minimum absolute atomic E-state index is 0.463. The Morgan fingerprint density at radius 2 is 2.05 bits per heavy atom. The fourth-order valence-corrected chi connectivity index (χ4v) is 1.84. The summed E-state index contributed by atoms with van der Waals surface area (Å²) in [5.74, 6) is 2.43. The van der Waals surface area contributed by atoms with Crippen LogP contribution in [0, 0.1) is 0 Å². The van der Waals surface area contributed by atoms with Crippen LogP contribution < -0.4 is 14.8 Å². The lowest BCUT2D eigenvalue weighted by Gasteiger charge is -2.10. The molecule has 2 aromatic rings. The molecule has 0 aliphatic rings. The Morgan fingerprint density at radius 1 is 1.25 bits per heavy atom. The highest BCUT2D eigenvalue weighted by atomic mass is 79.9. The Kier molecular flexibility index (Phi) is 5.17. The van der Waals surface area contributed by atoms with Crippen molar-refractivity contribution < 1.29 is 9.47 Å². The van der Waals surface area contributed by atoms with Crippen molar-refractivity contribution in [1.29, 1.82) is 0 Å². The Bertz CT molecular complexity index is 578. The summed E-state index contributed by atoms with van der Waals surface area (Å²) in [5, 5.41) is 3.04. The molecule has 106 valence electrons. The molecule has 0 atom stereocenters. The molecule has 0 unspecified atom stereocenters. The second-order valence-corrected chi connectivity index (χ2v) is 4.74. The average Bonchev–Trinajstić information content (AvgIpc) is 2.44. The van der Waals surface area contributed by atoms with E-state index in [0.29, 0.717) is 28.7 Å². The fourth-order valence-electron chi connectivity index (χ4n) is 1.57. The molecule has 0 aliphatic heterocycles. The zero-order valence-electron chi connectivity index (χ0n) is 11.4. The van der Waals surface area contributed by atoms with E-state index in [9.17, 15) is 0 Å². The highest BCUT2D eigenvalue weighted by molar-refractivity contribution is 9.10. The number of nitrogens with one attached hydrogen (secondary N) is 1. The predicted octanol–water partition coefficient (Wildman–Crippen LogP) is 3.86. The molecule has 1 N–H and O–H groups in total. The molecule has 0 aliphatic carbocycles. The summed E-state index contributed by atoms with van der Waals surface area (Å²) in [6.45, 7) is 5.29. The highest BCUT2D eigenvalue weighted by Gasteiger charge is 2.08. The van der Waals surface area contributed by atoms with E-state index in [-0.39, 0.29) is 0 Å². The van der Waals surface area contributed by atoms with Crippen LogP contribution in [0.4, 0.5) is 5.95 Å². The highest BCUT2D eigenvalue weighted by Crippen LogP contribution is 2.29. The van der Waals surface area contributed by atoms with Crippen LogP contribution in [0.1, 0.15) is 13.8 Å². The predicted molar refractivity (Wildman–Crippen MR) is 81.6 cm³/mol. The smallest absolute Gasteiger partial charge is 0.238 e. The normalized spacial score (nSPS) is 10.2. The van der Waals surface area contributed by atoms with Crippen LogP contribution in [0.3, 0.4) is 0 Å². The van der Waals surface area contributed by atoms with Crippen molar-refractivity contribution in [2.45, 2.75) is 13.8 Å². The molecule has 0 amide bonds.